The zero-order valence-corrected chi connectivity index (χ0v) is 10.6. The number of rotatable bonds is 4. The van der Waals surface area contributed by atoms with Crippen molar-refractivity contribution in [2.24, 2.45) is 0 Å². The Balaban J connectivity index is 2.22. The van der Waals surface area contributed by atoms with Crippen LogP contribution in [0.1, 0.15) is 25.2 Å². The molecular formula is C14H19N3. The van der Waals surface area contributed by atoms with Gasteiger partial charge in [0.05, 0.1) is 24.3 Å². The van der Waals surface area contributed by atoms with Gasteiger partial charge in [-0.3, -0.25) is 0 Å². The van der Waals surface area contributed by atoms with E-state index in [1.54, 1.807) is 6.33 Å². The van der Waals surface area contributed by atoms with Gasteiger partial charge in [0.1, 0.15) is 0 Å². The summed E-state index contributed by atoms with van der Waals surface area (Å²) in [4.78, 5) is 9.81. The summed E-state index contributed by atoms with van der Waals surface area (Å²) in [6.45, 7) is 7.32. The molecular weight excluding hydrogens is 210 g/mol. The SMILES string of the molecule is Cc1nc[nH]c1CN(c1ccccc1)C(C)C. The Kier molecular flexibility index (Phi) is 3.47. The smallest absolute Gasteiger partial charge is 0.0925 e. The molecule has 0 saturated heterocycles. The Morgan fingerprint density at radius 1 is 1.24 bits per heavy atom. The maximum absolute atomic E-state index is 4.24. The third-order valence-corrected chi connectivity index (χ3v) is 2.97. The van der Waals surface area contributed by atoms with Crippen LogP contribution in [0.25, 0.3) is 0 Å². The van der Waals surface area contributed by atoms with E-state index in [4.69, 9.17) is 0 Å². The van der Waals surface area contributed by atoms with Crippen LogP contribution < -0.4 is 4.90 Å². The predicted octanol–water partition coefficient (Wildman–Crippen LogP) is 3.13. The summed E-state index contributed by atoms with van der Waals surface area (Å²) in [5.74, 6) is 0. The molecule has 17 heavy (non-hydrogen) atoms. The molecule has 0 saturated carbocycles. The van der Waals surface area contributed by atoms with Gasteiger partial charge in [-0.2, -0.15) is 0 Å². The van der Waals surface area contributed by atoms with Crippen molar-refractivity contribution in [1.82, 2.24) is 9.97 Å². The van der Waals surface area contributed by atoms with Crippen LogP contribution in [0.3, 0.4) is 0 Å². The molecule has 90 valence electrons. The highest BCUT2D eigenvalue weighted by molar-refractivity contribution is 5.47. The van der Waals surface area contributed by atoms with Gasteiger partial charge >= 0.3 is 0 Å². The molecule has 1 heterocycles. The molecule has 0 aliphatic rings. The van der Waals surface area contributed by atoms with E-state index in [1.165, 1.54) is 11.4 Å². The summed E-state index contributed by atoms with van der Waals surface area (Å²) in [5.41, 5.74) is 3.51. The number of nitrogens with one attached hydrogen (secondary N) is 1. The lowest BCUT2D eigenvalue weighted by molar-refractivity contribution is 0.673. The molecule has 1 aromatic heterocycles. The molecule has 0 spiro atoms. The molecule has 0 atom stereocenters. The van der Waals surface area contributed by atoms with E-state index in [9.17, 15) is 0 Å². The number of benzene rings is 1. The van der Waals surface area contributed by atoms with E-state index < -0.39 is 0 Å². The highest BCUT2D eigenvalue weighted by Gasteiger charge is 2.12. The second-order valence-corrected chi connectivity index (χ2v) is 4.52. The van der Waals surface area contributed by atoms with Crippen LogP contribution in [0.4, 0.5) is 5.69 Å². The molecule has 1 aromatic carbocycles. The molecule has 2 rings (SSSR count). The quantitative estimate of drug-likeness (QED) is 0.873. The lowest BCUT2D eigenvalue weighted by Crippen LogP contribution is -2.30. The average molecular weight is 229 g/mol. The van der Waals surface area contributed by atoms with Crippen molar-refractivity contribution < 1.29 is 0 Å². The molecule has 0 bridgehead atoms. The van der Waals surface area contributed by atoms with Crippen molar-refractivity contribution in [3.63, 3.8) is 0 Å². The monoisotopic (exact) mass is 229 g/mol. The van der Waals surface area contributed by atoms with E-state index >= 15 is 0 Å². The van der Waals surface area contributed by atoms with Gasteiger partial charge in [0.15, 0.2) is 0 Å². The second-order valence-electron chi connectivity index (χ2n) is 4.52. The van der Waals surface area contributed by atoms with E-state index in [1.807, 2.05) is 13.0 Å². The molecule has 1 N–H and O–H groups in total. The largest absolute Gasteiger partial charge is 0.363 e. The number of imidazole rings is 1. The van der Waals surface area contributed by atoms with Crippen molar-refractivity contribution in [2.45, 2.75) is 33.4 Å². The minimum absolute atomic E-state index is 0.458. The van der Waals surface area contributed by atoms with E-state index in [0.717, 1.165) is 12.2 Å². The number of aryl methyl sites for hydroxylation is 1. The van der Waals surface area contributed by atoms with Crippen LogP contribution in [-0.2, 0) is 6.54 Å². The van der Waals surface area contributed by atoms with Gasteiger partial charge < -0.3 is 9.88 Å². The third-order valence-electron chi connectivity index (χ3n) is 2.97. The molecule has 0 aliphatic heterocycles. The van der Waals surface area contributed by atoms with Crippen LogP contribution in [-0.4, -0.2) is 16.0 Å². The summed E-state index contributed by atoms with van der Waals surface area (Å²) >= 11 is 0. The summed E-state index contributed by atoms with van der Waals surface area (Å²) in [7, 11) is 0. The summed E-state index contributed by atoms with van der Waals surface area (Å²) in [6, 6.07) is 10.9. The first-order valence-corrected chi connectivity index (χ1v) is 5.99. The lowest BCUT2D eigenvalue weighted by Gasteiger charge is -2.28. The maximum Gasteiger partial charge on any atom is 0.0925 e. The Morgan fingerprint density at radius 3 is 2.47 bits per heavy atom. The van der Waals surface area contributed by atoms with Gasteiger partial charge in [-0.15, -0.1) is 0 Å². The fraction of sp³-hybridized carbons (Fsp3) is 0.357. The van der Waals surface area contributed by atoms with Crippen molar-refractivity contribution in [3.05, 3.63) is 48.0 Å². The van der Waals surface area contributed by atoms with Crippen molar-refractivity contribution in [2.75, 3.05) is 4.90 Å². The molecule has 2 aromatic rings. The Bertz CT molecular complexity index is 459. The van der Waals surface area contributed by atoms with E-state index in [-0.39, 0.29) is 0 Å². The van der Waals surface area contributed by atoms with Crippen molar-refractivity contribution in [1.29, 1.82) is 0 Å². The zero-order chi connectivity index (χ0) is 12.3. The van der Waals surface area contributed by atoms with Crippen molar-refractivity contribution in [3.8, 4) is 0 Å². The fourth-order valence-corrected chi connectivity index (χ4v) is 1.91. The molecule has 0 fully saturated rings. The average Bonchev–Trinajstić information content (AvgIpc) is 2.72. The van der Waals surface area contributed by atoms with Gasteiger partial charge in [0.25, 0.3) is 0 Å². The van der Waals surface area contributed by atoms with E-state index in [0.29, 0.717) is 6.04 Å². The summed E-state index contributed by atoms with van der Waals surface area (Å²) in [6.07, 6.45) is 1.76. The number of aromatic nitrogens is 2. The van der Waals surface area contributed by atoms with Gasteiger partial charge in [0, 0.05) is 11.7 Å². The minimum atomic E-state index is 0.458. The standard InChI is InChI=1S/C14H19N3/c1-11(2)17(13-7-5-4-6-8-13)9-14-12(3)15-10-16-14/h4-8,10-11H,9H2,1-3H3,(H,15,16). The van der Waals surface area contributed by atoms with E-state index in [2.05, 4.69) is 53.0 Å². The summed E-state index contributed by atoms with van der Waals surface area (Å²) < 4.78 is 0. The Labute approximate surface area is 103 Å². The summed E-state index contributed by atoms with van der Waals surface area (Å²) in [5, 5.41) is 0. The first kappa shape index (κ1) is 11.7. The number of hydrogen-bond donors (Lipinski definition) is 1. The number of para-hydroxylation sites is 1. The number of H-pyrrole nitrogens is 1. The van der Waals surface area contributed by atoms with Gasteiger partial charge in [-0.25, -0.2) is 4.98 Å². The molecule has 0 aliphatic carbocycles. The highest BCUT2D eigenvalue weighted by atomic mass is 15.2. The third kappa shape index (κ3) is 2.67. The Morgan fingerprint density at radius 2 is 1.94 bits per heavy atom. The Hall–Kier alpha value is -1.77. The van der Waals surface area contributed by atoms with Gasteiger partial charge in [0.2, 0.25) is 0 Å². The van der Waals surface area contributed by atoms with Crippen LogP contribution in [0.2, 0.25) is 0 Å². The number of aromatic amines is 1. The molecule has 3 heteroatoms. The topological polar surface area (TPSA) is 31.9 Å². The van der Waals surface area contributed by atoms with Gasteiger partial charge in [-0.1, -0.05) is 18.2 Å². The lowest BCUT2D eigenvalue weighted by atomic mass is 10.2. The fourth-order valence-electron chi connectivity index (χ4n) is 1.91. The molecule has 3 nitrogen and oxygen atoms in total. The van der Waals surface area contributed by atoms with Crippen LogP contribution >= 0.6 is 0 Å². The number of anilines is 1. The predicted molar refractivity (Wildman–Crippen MR) is 71.1 cm³/mol. The maximum atomic E-state index is 4.24. The van der Waals surface area contributed by atoms with Crippen molar-refractivity contribution >= 4 is 5.69 Å². The molecule has 0 amide bonds. The minimum Gasteiger partial charge on any atom is -0.363 e. The first-order chi connectivity index (χ1) is 8.18. The molecule has 0 unspecified atom stereocenters. The molecule has 0 radical (unpaired) electrons. The second kappa shape index (κ2) is 5.04. The normalized spacial score (nSPS) is 10.8. The number of nitrogens with zero attached hydrogens (tertiary/aromatic N) is 2. The number of hydrogen-bond acceptors (Lipinski definition) is 2. The first-order valence-electron chi connectivity index (χ1n) is 5.99. The van der Waals surface area contributed by atoms with Crippen LogP contribution in [0.15, 0.2) is 36.7 Å². The zero-order valence-electron chi connectivity index (χ0n) is 10.6. The van der Waals surface area contributed by atoms with Crippen LogP contribution in [0, 0.1) is 6.92 Å². The highest BCUT2D eigenvalue weighted by Crippen LogP contribution is 2.19. The van der Waals surface area contributed by atoms with Crippen LogP contribution in [0.5, 0.6) is 0 Å². The van der Waals surface area contributed by atoms with Gasteiger partial charge in [-0.05, 0) is 32.9 Å².